The molecule has 0 unspecified atom stereocenters. The summed E-state index contributed by atoms with van der Waals surface area (Å²) in [6.45, 7) is 4.61. The number of hydrogen-bond donors (Lipinski definition) is 2. The van der Waals surface area contributed by atoms with Gasteiger partial charge in [0.05, 0.1) is 5.69 Å². The van der Waals surface area contributed by atoms with Crippen molar-refractivity contribution in [2.45, 2.75) is 32.4 Å². The Labute approximate surface area is 237 Å². The van der Waals surface area contributed by atoms with Crippen LogP contribution in [0.1, 0.15) is 40.3 Å². The lowest BCUT2D eigenvalue weighted by Crippen LogP contribution is -2.38. The van der Waals surface area contributed by atoms with Crippen molar-refractivity contribution >= 4 is 17.4 Å². The van der Waals surface area contributed by atoms with Crippen LogP contribution in [0, 0.1) is 18.3 Å². The zero-order chi connectivity index (χ0) is 28.3. The number of benzene rings is 2. The monoisotopic (exact) mass is 543 g/mol. The Kier molecular flexibility index (Phi) is 7.10. The van der Waals surface area contributed by atoms with Crippen molar-refractivity contribution in [3.05, 3.63) is 95.6 Å². The second-order valence-corrected chi connectivity index (χ2v) is 10.3. The van der Waals surface area contributed by atoms with Crippen molar-refractivity contribution < 1.29 is 4.79 Å². The fourth-order valence-corrected chi connectivity index (χ4v) is 5.33. The van der Waals surface area contributed by atoms with E-state index in [1.165, 1.54) is 5.56 Å². The first-order valence-corrected chi connectivity index (χ1v) is 13.6. The molecule has 10 nitrogen and oxygen atoms in total. The summed E-state index contributed by atoms with van der Waals surface area (Å²) in [5, 5.41) is 17.0. The van der Waals surface area contributed by atoms with E-state index in [2.05, 4.69) is 49.5 Å². The third-order valence-electron chi connectivity index (χ3n) is 7.41. The van der Waals surface area contributed by atoms with E-state index in [0.29, 0.717) is 23.1 Å². The Balaban J connectivity index is 1.19. The van der Waals surface area contributed by atoms with Gasteiger partial charge in [0.15, 0.2) is 11.3 Å². The van der Waals surface area contributed by atoms with Crippen LogP contribution < -0.4 is 11.1 Å². The van der Waals surface area contributed by atoms with E-state index in [4.69, 9.17) is 16.0 Å². The van der Waals surface area contributed by atoms with Gasteiger partial charge in [-0.25, -0.2) is 19.5 Å². The van der Waals surface area contributed by atoms with E-state index in [1.807, 2.05) is 49.4 Å². The molecule has 4 heterocycles. The number of hydrogen-bond acceptors (Lipinski definition) is 8. The molecule has 1 aliphatic rings. The molecule has 1 aliphatic heterocycles. The molecule has 0 aliphatic carbocycles. The van der Waals surface area contributed by atoms with Crippen LogP contribution in [0.5, 0.6) is 0 Å². The van der Waals surface area contributed by atoms with Gasteiger partial charge in [0.2, 0.25) is 5.82 Å². The Morgan fingerprint density at radius 2 is 1.80 bits per heavy atom. The highest BCUT2D eigenvalue weighted by molar-refractivity contribution is 5.93. The van der Waals surface area contributed by atoms with Crippen molar-refractivity contribution in [3.63, 3.8) is 0 Å². The van der Waals surface area contributed by atoms with Gasteiger partial charge >= 0.3 is 0 Å². The smallest absolute Gasteiger partial charge is 0.269 e. The lowest BCUT2D eigenvalue weighted by Gasteiger charge is -2.32. The van der Waals surface area contributed by atoms with Gasteiger partial charge < -0.3 is 11.1 Å². The molecule has 0 atom stereocenters. The number of nitrogens with zero attached hydrogens (tertiary/aromatic N) is 7. The highest BCUT2D eigenvalue weighted by atomic mass is 16.1. The van der Waals surface area contributed by atoms with Crippen molar-refractivity contribution in [2.75, 3.05) is 18.4 Å². The van der Waals surface area contributed by atoms with Gasteiger partial charge in [-0.3, -0.25) is 9.69 Å². The maximum atomic E-state index is 12.0. The van der Waals surface area contributed by atoms with Crippen molar-refractivity contribution in [1.82, 2.24) is 29.5 Å². The number of fused-ring (bicyclic) bond motifs is 1. The number of primary amides is 1. The summed E-state index contributed by atoms with van der Waals surface area (Å²) in [5.41, 5.74) is 12.0. The first-order chi connectivity index (χ1) is 20.0. The first kappa shape index (κ1) is 26.1. The third kappa shape index (κ3) is 5.48. The van der Waals surface area contributed by atoms with E-state index in [1.54, 1.807) is 16.8 Å². The number of imidazole rings is 1. The Bertz CT molecular complexity index is 1750. The first-order valence-electron chi connectivity index (χ1n) is 13.6. The van der Waals surface area contributed by atoms with Gasteiger partial charge in [-0.1, -0.05) is 54.6 Å². The minimum absolute atomic E-state index is 0.178. The van der Waals surface area contributed by atoms with Crippen molar-refractivity contribution in [2.24, 2.45) is 5.73 Å². The van der Waals surface area contributed by atoms with Crippen LogP contribution in [0.25, 0.3) is 28.2 Å². The quantitative estimate of drug-likeness (QED) is 0.311. The molecule has 0 radical (unpaired) electrons. The summed E-state index contributed by atoms with van der Waals surface area (Å²) in [7, 11) is 0. The van der Waals surface area contributed by atoms with Gasteiger partial charge in [0.1, 0.15) is 17.6 Å². The van der Waals surface area contributed by atoms with Gasteiger partial charge in [0, 0.05) is 43.0 Å². The number of carbonyl (C=O) groups excluding carboxylic acids is 1. The maximum absolute atomic E-state index is 12.0. The van der Waals surface area contributed by atoms with E-state index in [0.717, 1.165) is 55.0 Å². The lowest BCUT2D eigenvalue weighted by molar-refractivity contribution is 0.0993. The Morgan fingerprint density at radius 3 is 2.51 bits per heavy atom. The summed E-state index contributed by atoms with van der Waals surface area (Å²) in [4.78, 5) is 27.6. The normalized spacial score (nSPS) is 14.1. The Hall–Kier alpha value is -5.14. The fourth-order valence-electron chi connectivity index (χ4n) is 5.33. The highest BCUT2D eigenvalue weighted by Gasteiger charge is 2.22. The van der Waals surface area contributed by atoms with Crippen LogP contribution in [0.4, 0.5) is 5.82 Å². The van der Waals surface area contributed by atoms with Crippen LogP contribution in [-0.4, -0.2) is 54.5 Å². The van der Waals surface area contributed by atoms with Crippen molar-refractivity contribution in [1.29, 1.82) is 5.26 Å². The summed E-state index contributed by atoms with van der Waals surface area (Å²) >= 11 is 0. The minimum Gasteiger partial charge on any atom is -0.367 e. The molecular weight excluding hydrogens is 514 g/mol. The number of aromatic nitrogens is 5. The number of aryl methyl sites for hydroxylation is 1. The van der Waals surface area contributed by atoms with Gasteiger partial charge in [-0.05, 0) is 43.0 Å². The maximum Gasteiger partial charge on any atom is 0.269 e. The number of amides is 1. The molecule has 3 aromatic heterocycles. The number of nitrogens with one attached hydrogen (secondary N) is 1. The lowest BCUT2D eigenvalue weighted by atomic mass is 10.0. The molecule has 204 valence electrons. The Morgan fingerprint density at radius 1 is 1.05 bits per heavy atom. The van der Waals surface area contributed by atoms with E-state index in [9.17, 15) is 4.79 Å². The number of anilines is 1. The topological polar surface area (TPSA) is 138 Å². The molecule has 10 heteroatoms. The van der Waals surface area contributed by atoms with E-state index < -0.39 is 5.91 Å². The molecule has 6 rings (SSSR count). The van der Waals surface area contributed by atoms with Crippen LogP contribution in [0.15, 0.2) is 72.9 Å². The molecule has 1 saturated heterocycles. The van der Waals surface area contributed by atoms with Crippen LogP contribution in [-0.2, 0) is 6.54 Å². The molecule has 0 bridgehead atoms. The number of likely N-dealkylation sites (tertiary alicyclic amines) is 1. The van der Waals surface area contributed by atoms with Crippen molar-refractivity contribution in [3.8, 4) is 28.6 Å². The fraction of sp³-hybridized carbons (Fsp3) is 0.226. The number of piperidine rings is 1. The van der Waals surface area contributed by atoms with Crippen LogP contribution in [0.2, 0.25) is 0 Å². The molecule has 0 spiro atoms. The SMILES string of the molecule is Cc1cc2nc(-c3ccc(CN4CCC(Nc5ccnc(C#N)n5)CC4)cc3)c(-c3ccccc3)n2nc1C(N)=O. The predicted molar refractivity (Wildman–Crippen MR) is 156 cm³/mol. The van der Waals surface area contributed by atoms with Crippen LogP contribution >= 0.6 is 0 Å². The van der Waals surface area contributed by atoms with E-state index in [-0.39, 0.29) is 11.5 Å². The summed E-state index contributed by atoms with van der Waals surface area (Å²) in [6, 6.07) is 24.4. The minimum atomic E-state index is -0.565. The molecule has 1 fully saturated rings. The number of nitrogens with two attached hydrogens (primary N) is 1. The van der Waals surface area contributed by atoms with E-state index >= 15 is 0 Å². The van der Waals surface area contributed by atoms with Gasteiger partial charge in [-0.2, -0.15) is 10.4 Å². The number of rotatable bonds is 7. The molecule has 1 amide bonds. The number of carbonyl (C=O) groups is 1. The summed E-state index contributed by atoms with van der Waals surface area (Å²) in [5.74, 6) is 0.311. The second kappa shape index (κ2) is 11.2. The predicted octanol–water partition coefficient (Wildman–Crippen LogP) is 4.21. The molecule has 3 N–H and O–H groups in total. The second-order valence-electron chi connectivity index (χ2n) is 10.3. The summed E-state index contributed by atoms with van der Waals surface area (Å²) < 4.78 is 1.71. The average molecular weight is 544 g/mol. The molecular formula is C31H29N9O. The highest BCUT2D eigenvalue weighted by Crippen LogP contribution is 2.33. The van der Waals surface area contributed by atoms with Gasteiger partial charge in [0.25, 0.3) is 5.91 Å². The molecule has 2 aromatic carbocycles. The molecule has 5 aromatic rings. The average Bonchev–Trinajstić information content (AvgIpc) is 3.36. The standard InChI is InChI=1S/C31H29N9O/c1-20-17-27-37-29(30(23-5-3-2-4-6-23)40(27)38-28(20)31(33)41)22-9-7-21(8-10-22)19-39-15-12-24(13-16-39)35-25-11-14-34-26(18-32)36-25/h2-11,14,17,24H,12-13,15-16,19H2,1H3,(H2,33,41)(H,34,35,36). The largest absolute Gasteiger partial charge is 0.367 e. The third-order valence-corrected chi connectivity index (χ3v) is 7.41. The van der Waals surface area contributed by atoms with Crippen LogP contribution in [0.3, 0.4) is 0 Å². The summed E-state index contributed by atoms with van der Waals surface area (Å²) in [6.07, 6.45) is 3.59. The zero-order valence-corrected chi connectivity index (χ0v) is 22.7. The zero-order valence-electron chi connectivity index (χ0n) is 22.7. The van der Waals surface area contributed by atoms with Gasteiger partial charge in [-0.15, -0.1) is 0 Å². The number of nitriles is 1. The molecule has 0 saturated carbocycles. The molecule has 41 heavy (non-hydrogen) atoms.